The second kappa shape index (κ2) is 5.61. The summed E-state index contributed by atoms with van der Waals surface area (Å²) in [5, 5.41) is 10.2. The maximum Gasteiger partial charge on any atom is 0.161 e. The molecule has 0 saturated heterocycles. The number of aliphatic hydroxyl groups is 1. The van der Waals surface area contributed by atoms with Crippen molar-refractivity contribution in [2.75, 3.05) is 6.61 Å². The molecule has 0 spiro atoms. The van der Waals surface area contributed by atoms with Crippen LogP contribution in [0.2, 0.25) is 0 Å². The van der Waals surface area contributed by atoms with E-state index in [2.05, 4.69) is 0 Å². The van der Waals surface area contributed by atoms with Crippen molar-refractivity contribution in [3.8, 4) is 11.5 Å². The van der Waals surface area contributed by atoms with Crippen LogP contribution in [0.4, 0.5) is 0 Å². The summed E-state index contributed by atoms with van der Waals surface area (Å²) in [6.45, 7) is 4.17. The van der Waals surface area contributed by atoms with Crippen LogP contribution in [0.5, 0.6) is 11.5 Å². The number of rotatable bonds is 5. The molecule has 0 aliphatic heterocycles. The molecular weight excluding hydrogens is 244 g/mol. The van der Waals surface area contributed by atoms with Crippen LogP contribution < -0.4 is 9.47 Å². The summed E-state index contributed by atoms with van der Waals surface area (Å²) in [6.07, 6.45) is 3.07. The van der Waals surface area contributed by atoms with Gasteiger partial charge in [-0.3, -0.25) is 4.79 Å². The molecule has 4 heteroatoms. The minimum atomic E-state index is -0.799. The fraction of sp³-hybridized carbons (Fsp3) is 0.533. The lowest BCUT2D eigenvalue weighted by molar-refractivity contribution is -0.0261. The van der Waals surface area contributed by atoms with Crippen LogP contribution in [-0.2, 0) is 0 Å². The van der Waals surface area contributed by atoms with Crippen LogP contribution in [0.1, 0.15) is 43.5 Å². The lowest BCUT2D eigenvalue weighted by Crippen LogP contribution is -2.38. The minimum Gasteiger partial charge on any atom is -0.490 e. The molecule has 2 unspecified atom stereocenters. The molecule has 104 valence electrons. The van der Waals surface area contributed by atoms with Crippen molar-refractivity contribution in [3.05, 3.63) is 23.8 Å². The molecule has 1 N–H and O–H groups in total. The average Bonchev–Trinajstić information content (AvgIpc) is 2.71. The first-order valence-corrected chi connectivity index (χ1v) is 6.68. The maximum atomic E-state index is 10.8. The van der Waals surface area contributed by atoms with Gasteiger partial charge in [0.1, 0.15) is 12.4 Å². The molecule has 1 saturated carbocycles. The van der Waals surface area contributed by atoms with Crippen LogP contribution in [0.25, 0.3) is 0 Å². The van der Waals surface area contributed by atoms with Gasteiger partial charge in [0.25, 0.3) is 0 Å². The standard InChI is InChI=1S/C15H20O4/c1-3-18-13-9-11(10-16)6-7-12(13)19-14-5-4-8-15(14,2)17/h6-7,9-10,14,17H,3-5,8H2,1-2H3. The van der Waals surface area contributed by atoms with Crippen LogP contribution in [0.3, 0.4) is 0 Å². The van der Waals surface area contributed by atoms with Crippen molar-refractivity contribution in [1.29, 1.82) is 0 Å². The summed E-state index contributed by atoms with van der Waals surface area (Å²) in [6, 6.07) is 5.08. The smallest absolute Gasteiger partial charge is 0.161 e. The van der Waals surface area contributed by atoms with Crippen molar-refractivity contribution in [2.45, 2.75) is 44.8 Å². The molecule has 4 nitrogen and oxygen atoms in total. The molecule has 1 fully saturated rings. The first-order valence-electron chi connectivity index (χ1n) is 6.68. The molecule has 1 aromatic rings. The molecule has 0 radical (unpaired) electrons. The monoisotopic (exact) mass is 264 g/mol. The van der Waals surface area contributed by atoms with E-state index in [0.29, 0.717) is 23.7 Å². The van der Waals surface area contributed by atoms with E-state index in [1.54, 1.807) is 25.1 Å². The molecule has 0 heterocycles. The summed E-state index contributed by atoms with van der Waals surface area (Å²) in [5.41, 5.74) is -0.249. The average molecular weight is 264 g/mol. The zero-order valence-electron chi connectivity index (χ0n) is 11.4. The van der Waals surface area contributed by atoms with Crippen LogP contribution in [0, 0.1) is 0 Å². The predicted octanol–water partition coefficient (Wildman–Crippen LogP) is 2.58. The van der Waals surface area contributed by atoms with Crippen LogP contribution in [-0.4, -0.2) is 29.7 Å². The fourth-order valence-corrected chi connectivity index (χ4v) is 2.42. The Morgan fingerprint density at radius 3 is 2.84 bits per heavy atom. The van der Waals surface area contributed by atoms with E-state index in [0.717, 1.165) is 25.5 Å². The summed E-state index contributed by atoms with van der Waals surface area (Å²) >= 11 is 0. The Morgan fingerprint density at radius 1 is 1.47 bits per heavy atom. The Labute approximate surface area is 113 Å². The number of hydrogen-bond acceptors (Lipinski definition) is 4. The Bertz CT molecular complexity index is 453. The predicted molar refractivity (Wildman–Crippen MR) is 71.9 cm³/mol. The molecule has 0 aromatic heterocycles. The Hall–Kier alpha value is -1.55. The van der Waals surface area contributed by atoms with E-state index >= 15 is 0 Å². The maximum absolute atomic E-state index is 10.8. The normalized spacial score (nSPS) is 26.2. The van der Waals surface area contributed by atoms with E-state index in [1.165, 1.54) is 0 Å². The number of ether oxygens (including phenoxy) is 2. The van der Waals surface area contributed by atoms with E-state index < -0.39 is 5.60 Å². The van der Waals surface area contributed by atoms with E-state index in [4.69, 9.17) is 9.47 Å². The molecule has 1 aliphatic rings. The Morgan fingerprint density at radius 2 is 2.26 bits per heavy atom. The van der Waals surface area contributed by atoms with Gasteiger partial charge in [-0.1, -0.05) is 0 Å². The number of benzene rings is 1. The number of aldehydes is 1. The zero-order chi connectivity index (χ0) is 13.9. The van der Waals surface area contributed by atoms with Gasteiger partial charge in [0.05, 0.1) is 12.2 Å². The van der Waals surface area contributed by atoms with Crippen molar-refractivity contribution in [2.24, 2.45) is 0 Å². The van der Waals surface area contributed by atoms with Gasteiger partial charge in [0.15, 0.2) is 11.5 Å². The van der Waals surface area contributed by atoms with Crippen molar-refractivity contribution < 1.29 is 19.4 Å². The Balaban J connectivity index is 2.21. The lowest BCUT2D eigenvalue weighted by Gasteiger charge is -2.27. The SMILES string of the molecule is CCOc1cc(C=O)ccc1OC1CCCC1(C)O. The molecule has 1 aliphatic carbocycles. The molecular formula is C15H20O4. The highest BCUT2D eigenvalue weighted by Crippen LogP contribution is 2.36. The molecule has 19 heavy (non-hydrogen) atoms. The van der Waals surface area contributed by atoms with Gasteiger partial charge >= 0.3 is 0 Å². The fourth-order valence-electron chi connectivity index (χ4n) is 2.42. The van der Waals surface area contributed by atoms with Crippen LogP contribution >= 0.6 is 0 Å². The highest BCUT2D eigenvalue weighted by molar-refractivity contribution is 5.76. The van der Waals surface area contributed by atoms with Gasteiger partial charge in [-0.15, -0.1) is 0 Å². The number of carbonyl (C=O) groups is 1. The topological polar surface area (TPSA) is 55.8 Å². The third-order valence-corrected chi connectivity index (χ3v) is 3.52. The molecule has 2 rings (SSSR count). The first-order chi connectivity index (χ1) is 9.06. The molecule has 2 atom stereocenters. The second-order valence-corrected chi connectivity index (χ2v) is 5.11. The van der Waals surface area contributed by atoms with E-state index in [1.807, 2.05) is 6.92 Å². The van der Waals surface area contributed by atoms with E-state index in [-0.39, 0.29) is 6.10 Å². The van der Waals surface area contributed by atoms with Crippen molar-refractivity contribution in [3.63, 3.8) is 0 Å². The second-order valence-electron chi connectivity index (χ2n) is 5.11. The third-order valence-electron chi connectivity index (χ3n) is 3.52. The highest BCUT2D eigenvalue weighted by Gasteiger charge is 2.39. The van der Waals surface area contributed by atoms with Gasteiger partial charge in [0.2, 0.25) is 0 Å². The lowest BCUT2D eigenvalue weighted by atomic mass is 10.0. The molecule has 0 amide bonds. The zero-order valence-corrected chi connectivity index (χ0v) is 11.4. The minimum absolute atomic E-state index is 0.228. The number of hydrogen-bond donors (Lipinski definition) is 1. The largest absolute Gasteiger partial charge is 0.490 e. The quantitative estimate of drug-likeness (QED) is 0.830. The first kappa shape index (κ1) is 13.9. The number of carbonyl (C=O) groups excluding carboxylic acids is 1. The van der Waals surface area contributed by atoms with E-state index in [9.17, 15) is 9.90 Å². The summed E-state index contributed by atoms with van der Waals surface area (Å²) in [7, 11) is 0. The third kappa shape index (κ3) is 3.07. The summed E-state index contributed by atoms with van der Waals surface area (Å²) in [4.78, 5) is 10.8. The molecule has 0 bridgehead atoms. The molecule has 1 aromatic carbocycles. The van der Waals surface area contributed by atoms with Gasteiger partial charge in [-0.05, 0) is 51.3 Å². The van der Waals surface area contributed by atoms with Gasteiger partial charge < -0.3 is 14.6 Å². The summed E-state index contributed by atoms with van der Waals surface area (Å²) in [5.74, 6) is 1.13. The van der Waals surface area contributed by atoms with Gasteiger partial charge in [-0.2, -0.15) is 0 Å². The highest BCUT2D eigenvalue weighted by atomic mass is 16.5. The van der Waals surface area contributed by atoms with Crippen LogP contribution in [0.15, 0.2) is 18.2 Å². The van der Waals surface area contributed by atoms with Gasteiger partial charge in [-0.25, -0.2) is 0 Å². The summed E-state index contributed by atoms with van der Waals surface area (Å²) < 4.78 is 11.4. The van der Waals surface area contributed by atoms with Gasteiger partial charge in [0, 0.05) is 5.56 Å². The van der Waals surface area contributed by atoms with Crippen molar-refractivity contribution >= 4 is 6.29 Å². The van der Waals surface area contributed by atoms with Crippen molar-refractivity contribution in [1.82, 2.24) is 0 Å². The Kier molecular flexibility index (Phi) is 4.10.